The Balaban J connectivity index is 3.18. The van der Waals surface area contributed by atoms with Gasteiger partial charge in [0.05, 0.1) is 0 Å². The van der Waals surface area contributed by atoms with Crippen molar-refractivity contribution in [1.29, 1.82) is 0 Å². The summed E-state index contributed by atoms with van der Waals surface area (Å²) in [5.74, 6) is -0.227. The first-order valence-electron chi connectivity index (χ1n) is 5.14. The van der Waals surface area contributed by atoms with Crippen molar-refractivity contribution in [2.24, 2.45) is 5.73 Å². The van der Waals surface area contributed by atoms with Gasteiger partial charge in [0, 0.05) is 12.3 Å². The molecule has 0 amide bonds. The van der Waals surface area contributed by atoms with Crippen molar-refractivity contribution in [3.05, 3.63) is 23.8 Å². The van der Waals surface area contributed by atoms with E-state index in [1.54, 1.807) is 6.07 Å². The van der Waals surface area contributed by atoms with Crippen LogP contribution in [0.5, 0.6) is 5.75 Å². The summed E-state index contributed by atoms with van der Waals surface area (Å²) in [4.78, 5) is -0.0587. The van der Waals surface area contributed by atoms with Crippen LogP contribution in [-0.2, 0) is 9.84 Å². The number of phenolic OH excluding ortho intramolecular Hbond substituents is 1. The Morgan fingerprint density at radius 3 is 2.56 bits per heavy atom. The molecule has 0 saturated heterocycles. The number of aromatic hydroxyl groups is 1. The van der Waals surface area contributed by atoms with Crippen LogP contribution in [0.2, 0.25) is 0 Å². The van der Waals surface area contributed by atoms with E-state index in [9.17, 15) is 13.5 Å². The number of nitrogens with two attached hydrogens (primary N) is 1. The molecule has 4 nitrogen and oxygen atoms in total. The number of rotatable bonds is 4. The Hall–Kier alpha value is -1.07. The molecule has 5 heteroatoms. The first-order chi connectivity index (χ1) is 7.36. The van der Waals surface area contributed by atoms with Crippen molar-refractivity contribution in [3.63, 3.8) is 0 Å². The maximum absolute atomic E-state index is 11.4. The van der Waals surface area contributed by atoms with Gasteiger partial charge in [-0.05, 0) is 24.1 Å². The highest BCUT2D eigenvalue weighted by Gasteiger charge is 2.15. The van der Waals surface area contributed by atoms with Gasteiger partial charge in [0.2, 0.25) is 0 Å². The SMILES string of the molecule is CCC[C@H](N)c1ccc(O)c(S(C)(=O)=O)c1. The number of benzene rings is 1. The molecule has 0 fully saturated rings. The molecule has 0 bridgehead atoms. The van der Waals surface area contributed by atoms with Gasteiger partial charge in [-0.15, -0.1) is 0 Å². The topological polar surface area (TPSA) is 80.4 Å². The van der Waals surface area contributed by atoms with Crippen LogP contribution < -0.4 is 5.73 Å². The van der Waals surface area contributed by atoms with Crippen LogP contribution in [0.3, 0.4) is 0 Å². The van der Waals surface area contributed by atoms with E-state index in [1.165, 1.54) is 12.1 Å². The fourth-order valence-electron chi connectivity index (χ4n) is 1.54. The lowest BCUT2D eigenvalue weighted by Crippen LogP contribution is -2.10. The predicted octanol–water partition coefficient (Wildman–Crippen LogP) is 1.60. The molecule has 1 atom stereocenters. The molecule has 1 aromatic carbocycles. The maximum Gasteiger partial charge on any atom is 0.179 e. The highest BCUT2D eigenvalue weighted by molar-refractivity contribution is 7.90. The number of phenols is 1. The van der Waals surface area contributed by atoms with Crippen molar-refractivity contribution >= 4 is 9.84 Å². The molecule has 0 spiro atoms. The molecule has 3 N–H and O–H groups in total. The van der Waals surface area contributed by atoms with Crippen molar-refractivity contribution in [2.45, 2.75) is 30.7 Å². The Morgan fingerprint density at radius 1 is 1.44 bits per heavy atom. The molecule has 0 aliphatic heterocycles. The van der Waals surface area contributed by atoms with Crippen LogP contribution in [0.25, 0.3) is 0 Å². The average molecular weight is 243 g/mol. The Bertz CT molecular complexity index is 468. The predicted molar refractivity (Wildman–Crippen MR) is 63.1 cm³/mol. The summed E-state index contributed by atoms with van der Waals surface area (Å²) in [6, 6.07) is 4.29. The van der Waals surface area contributed by atoms with E-state index >= 15 is 0 Å². The van der Waals surface area contributed by atoms with E-state index in [0.29, 0.717) is 0 Å². The number of hydrogen-bond acceptors (Lipinski definition) is 4. The highest BCUT2D eigenvalue weighted by Crippen LogP contribution is 2.26. The largest absolute Gasteiger partial charge is 0.507 e. The summed E-state index contributed by atoms with van der Waals surface area (Å²) in [5, 5.41) is 9.46. The second kappa shape index (κ2) is 4.84. The summed E-state index contributed by atoms with van der Waals surface area (Å²) < 4.78 is 22.8. The second-order valence-electron chi connectivity index (χ2n) is 3.89. The van der Waals surface area contributed by atoms with E-state index in [2.05, 4.69) is 0 Å². The fourth-order valence-corrected chi connectivity index (χ4v) is 2.33. The minimum atomic E-state index is -3.41. The van der Waals surface area contributed by atoms with Gasteiger partial charge in [0.15, 0.2) is 9.84 Å². The van der Waals surface area contributed by atoms with Gasteiger partial charge >= 0.3 is 0 Å². The Labute approximate surface area is 96.0 Å². The molecule has 1 aromatic rings. The molecule has 90 valence electrons. The minimum absolute atomic E-state index is 0.0587. The Kier molecular flexibility index (Phi) is 3.93. The van der Waals surface area contributed by atoms with Crippen LogP contribution in [-0.4, -0.2) is 19.8 Å². The quantitative estimate of drug-likeness (QED) is 0.841. The fraction of sp³-hybridized carbons (Fsp3) is 0.455. The van der Waals surface area contributed by atoms with Gasteiger partial charge in [-0.2, -0.15) is 0 Å². The zero-order valence-corrected chi connectivity index (χ0v) is 10.3. The number of hydrogen-bond donors (Lipinski definition) is 2. The summed E-state index contributed by atoms with van der Waals surface area (Å²) >= 11 is 0. The lowest BCUT2D eigenvalue weighted by Gasteiger charge is -2.12. The zero-order valence-electron chi connectivity index (χ0n) is 9.47. The zero-order chi connectivity index (χ0) is 12.3. The summed E-state index contributed by atoms with van der Waals surface area (Å²) in [7, 11) is -3.41. The van der Waals surface area contributed by atoms with Crippen LogP contribution >= 0.6 is 0 Å². The Morgan fingerprint density at radius 2 is 2.06 bits per heavy atom. The third-order valence-corrected chi connectivity index (χ3v) is 3.54. The molecule has 0 saturated carbocycles. The lowest BCUT2D eigenvalue weighted by atomic mass is 10.0. The van der Waals surface area contributed by atoms with Crippen LogP contribution in [0, 0.1) is 0 Å². The maximum atomic E-state index is 11.4. The van der Waals surface area contributed by atoms with Crippen molar-refractivity contribution in [2.75, 3.05) is 6.26 Å². The lowest BCUT2D eigenvalue weighted by molar-refractivity contribution is 0.458. The van der Waals surface area contributed by atoms with Crippen LogP contribution in [0.4, 0.5) is 0 Å². The van der Waals surface area contributed by atoms with E-state index < -0.39 is 9.84 Å². The van der Waals surface area contributed by atoms with Gasteiger partial charge in [-0.1, -0.05) is 19.4 Å². The molecular weight excluding hydrogens is 226 g/mol. The van der Waals surface area contributed by atoms with Gasteiger partial charge in [-0.3, -0.25) is 0 Å². The van der Waals surface area contributed by atoms with E-state index in [0.717, 1.165) is 24.7 Å². The third kappa shape index (κ3) is 2.96. The highest BCUT2D eigenvalue weighted by atomic mass is 32.2. The molecular formula is C11H17NO3S. The van der Waals surface area contributed by atoms with Crippen LogP contribution in [0.15, 0.2) is 23.1 Å². The second-order valence-corrected chi connectivity index (χ2v) is 5.88. The summed E-state index contributed by atoms with van der Waals surface area (Å²) in [6.45, 7) is 2.01. The molecule has 0 aromatic heterocycles. The first kappa shape index (κ1) is 13.0. The molecule has 0 radical (unpaired) electrons. The average Bonchev–Trinajstić information content (AvgIpc) is 2.16. The standard InChI is InChI=1S/C11H17NO3S/c1-3-4-9(12)8-5-6-10(13)11(7-8)16(2,14)15/h5-7,9,13H,3-4,12H2,1-2H3/t9-/m0/s1. The van der Waals surface area contributed by atoms with Crippen molar-refractivity contribution in [1.82, 2.24) is 0 Å². The summed E-state index contributed by atoms with van der Waals surface area (Å²) in [6.07, 6.45) is 2.78. The number of sulfone groups is 1. The molecule has 1 rings (SSSR count). The smallest absolute Gasteiger partial charge is 0.179 e. The monoisotopic (exact) mass is 243 g/mol. The minimum Gasteiger partial charge on any atom is -0.507 e. The van der Waals surface area contributed by atoms with Gasteiger partial charge in [-0.25, -0.2) is 8.42 Å². The van der Waals surface area contributed by atoms with E-state index in [-0.39, 0.29) is 16.7 Å². The molecule has 0 aliphatic rings. The van der Waals surface area contributed by atoms with Crippen molar-refractivity contribution < 1.29 is 13.5 Å². The first-order valence-corrected chi connectivity index (χ1v) is 7.04. The van der Waals surface area contributed by atoms with Gasteiger partial charge in [0.1, 0.15) is 10.6 Å². The van der Waals surface area contributed by atoms with E-state index in [1.807, 2.05) is 6.92 Å². The van der Waals surface area contributed by atoms with Gasteiger partial charge < -0.3 is 10.8 Å². The molecule has 0 aliphatic carbocycles. The van der Waals surface area contributed by atoms with Crippen molar-refractivity contribution in [3.8, 4) is 5.75 Å². The van der Waals surface area contributed by atoms with Crippen LogP contribution in [0.1, 0.15) is 31.4 Å². The molecule has 0 unspecified atom stereocenters. The molecule has 0 heterocycles. The van der Waals surface area contributed by atoms with E-state index in [4.69, 9.17) is 5.73 Å². The summed E-state index contributed by atoms with van der Waals surface area (Å²) in [5.41, 5.74) is 6.63. The third-order valence-electron chi connectivity index (χ3n) is 2.41. The molecule has 16 heavy (non-hydrogen) atoms. The van der Waals surface area contributed by atoms with Gasteiger partial charge in [0.25, 0.3) is 0 Å². The normalized spacial score (nSPS) is 13.7.